The highest BCUT2D eigenvalue weighted by Crippen LogP contribution is 2.44. The van der Waals surface area contributed by atoms with Gasteiger partial charge in [-0.1, -0.05) is 6.07 Å². The first-order chi connectivity index (χ1) is 8.85. The molecule has 0 unspecified atom stereocenters. The third-order valence-electron chi connectivity index (χ3n) is 3.35. The smallest absolute Gasteiger partial charge is 0.352 e. The summed E-state index contributed by atoms with van der Waals surface area (Å²) < 4.78 is 27.4. The number of carbonyl (C=O) groups excluding carboxylic acids is 1. The largest absolute Gasteiger partial charge is 0.384 e. The summed E-state index contributed by atoms with van der Waals surface area (Å²) in [7, 11) is 0. The Morgan fingerprint density at radius 2 is 2.21 bits per heavy atom. The second kappa shape index (κ2) is 4.73. The molecule has 19 heavy (non-hydrogen) atoms. The van der Waals surface area contributed by atoms with Crippen LogP contribution < -0.4 is 11.1 Å². The molecule has 1 heterocycles. The lowest BCUT2D eigenvalue weighted by atomic mass is 9.75. The summed E-state index contributed by atoms with van der Waals surface area (Å²) >= 11 is 0. The summed E-state index contributed by atoms with van der Waals surface area (Å²) in [5, 5.41) is 11.7. The van der Waals surface area contributed by atoms with Crippen molar-refractivity contribution in [3.8, 4) is 0 Å². The van der Waals surface area contributed by atoms with Crippen LogP contribution in [0.3, 0.4) is 0 Å². The van der Waals surface area contributed by atoms with E-state index in [0.29, 0.717) is 17.8 Å². The lowest BCUT2D eigenvalue weighted by molar-refractivity contribution is -0.216. The molecule has 0 aromatic carbocycles. The average molecular weight is 271 g/mol. The van der Waals surface area contributed by atoms with Crippen LogP contribution in [0.1, 0.15) is 24.8 Å². The minimum atomic E-state index is -3.77. The molecule has 1 aliphatic carbocycles. The number of nitrogen functional groups attached to an aromatic ring is 1. The molecule has 0 spiro atoms. The standard InChI is InChI=1S/C12H15F2N3O2/c13-12(14,11(19)4-1-5-11)10(18)17-7-8-2-3-9(15)16-6-8/h2-3,6,19H,1,4-5,7H2,(H2,15,16)(H,17,18). The number of nitrogens with zero attached hydrogens (tertiary/aromatic N) is 1. The molecule has 0 aliphatic heterocycles. The van der Waals surface area contributed by atoms with Gasteiger partial charge in [0.1, 0.15) is 11.4 Å². The highest BCUT2D eigenvalue weighted by atomic mass is 19.3. The van der Waals surface area contributed by atoms with Crippen molar-refractivity contribution in [3.63, 3.8) is 0 Å². The van der Waals surface area contributed by atoms with Gasteiger partial charge in [-0.3, -0.25) is 4.79 Å². The molecule has 1 aromatic rings. The molecule has 1 fully saturated rings. The number of anilines is 1. The van der Waals surface area contributed by atoms with Crippen LogP contribution in [-0.4, -0.2) is 27.5 Å². The molecule has 7 heteroatoms. The minimum absolute atomic E-state index is 0.0587. The predicted molar refractivity (Wildman–Crippen MR) is 64.2 cm³/mol. The molecule has 0 bridgehead atoms. The Bertz CT molecular complexity index is 472. The van der Waals surface area contributed by atoms with Crippen molar-refractivity contribution in [3.05, 3.63) is 23.9 Å². The molecule has 4 N–H and O–H groups in total. The van der Waals surface area contributed by atoms with Crippen molar-refractivity contribution in [2.45, 2.75) is 37.3 Å². The molecule has 5 nitrogen and oxygen atoms in total. The molecule has 0 radical (unpaired) electrons. The summed E-state index contributed by atoms with van der Waals surface area (Å²) in [6.07, 6.45) is 1.78. The number of aliphatic hydroxyl groups is 1. The van der Waals surface area contributed by atoms with E-state index in [1.807, 2.05) is 0 Å². The lowest BCUT2D eigenvalue weighted by Crippen LogP contribution is -2.60. The van der Waals surface area contributed by atoms with Gasteiger partial charge in [-0.25, -0.2) is 4.98 Å². The maximum atomic E-state index is 13.7. The van der Waals surface area contributed by atoms with Gasteiger partial charge in [0.25, 0.3) is 5.91 Å². The highest BCUT2D eigenvalue weighted by molar-refractivity contribution is 5.85. The van der Waals surface area contributed by atoms with Crippen molar-refractivity contribution >= 4 is 11.7 Å². The number of nitrogens with two attached hydrogens (primary N) is 1. The lowest BCUT2D eigenvalue weighted by Gasteiger charge is -2.41. The highest BCUT2D eigenvalue weighted by Gasteiger charge is 2.60. The van der Waals surface area contributed by atoms with E-state index in [-0.39, 0.29) is 19.4 Å². The van der Waals surface area contributed by atoms with E-state index in [9.17, 15) is 18.7 Å². The predicted octanol–water partition coefficient (Wildman–Crippen LogP) is 0.830. The van der Waals surface area contributed by atoms with Crippen LogP contribution in [0.4, 0.5) is 14.6 Å². The number of alkyl halides is 2. The summed E-state index contributed by atoms with van der Waals surface area (Å²) in [5.74, 6) is -4.93. The van der Waals surface area contributed by atoms with Gasteiger partial charge in [-0.05, 0) is 30.9 Å². The summed E-state index contributed by atoms with van der Waals surface area (Å²) in [5.41, 5.74) is 3.74. The van der Waals surface area contributed by atoms with E-state index >= 15 is 0 Å². The van der Waals surface area contributed by atoms with E-state index in [1.165, 1.54) is 12.3 Å². The molecular formula is C12H15F2N3O2. The Kier molecular flexibility index (Phi) is 3.40. The van der Waals surface area contributed by atoms with E-state index in [4.69, 9.17) is 5.73 Å². The van der Waals surface area contributed by atoms with Crippen LogP contribution in [-0.2, 0) is 11.3 Å². The number of carbonyl (C=O) groups is 1. The number of hydrogen-bond donors (Lipinski definition) is 3. The van der Waals surface area contributed by atoms with Gasteiger partial charge in [0.05, 0.1) is 0 Å². The molecule has 0 atom stereocenters. The fourth-order valence-electron chi connectivity index (χ4n) is 1.87. The first-order valence-electron chi connectivity index (χ1n) is 5.94. The SMILES string of the molecule is Nc1ccc(CNC(=O)C(F)(F)C2(O)CCC2)cn1. The first-order valence-corrected chi connectivity index (χ1v) is 5.94. The molecule has 0 saturated heterocycles. The van der Waals surface area contributed by atoms with Crippen molar-refractivity contribution in [1.29, 1.82) is 0 Å². The van der Waals surface area contributed by atoms with Crippen molar-refractivity contribution in [1.82, 2.24) is 10.3 Å². The second-order valence-corrected chi connectivity index (χ2v) is 4.73. The Labute approximate surface area is 108 Å². The van der Waals surface area contributed by atoms with Gasteiger partial charge in [0.2, 0.25) is 0 Å². The normalized spacial score (nSPS) is 17.6. The van der Waals surface area contributed by atoms with Crippen LogP contribution >= 0.6 is 0 Å². The van der Waals surface area contributed by atoms with Crippen LogP contribution in [0.5, 0.6) is 0 Å². The molecular weight excluding hydrogens is 256 g/mol. The summed E-state index contributed by atoms with van der Waals surface area (Å²) in [6.45, 7) is -0.0855. The monoisotopic (exact) mass is 271 g/mol. The van der Waals surface area contributed by atoms with E-state index in [2.05, 4.69) is 10.3 Å². The van der Waals surface area contributed by atoms with Crippen molar-refractivity contribution < 1.29 is 18.7 Å². The van der Waals surface area contributed by atoms with Gasteiger partial charge >= 0.3 is 5.92 Å². The average Bonchev–Trinajstić information content (AvgIpc) is 2.34. The topological polar surface area (TPSA) is 88.2 Å². The first kappa shape index (κ1) is 13.7. The Morgan fingerprint density at radius 1 is 1.53 bits per heavy atom. The van der Waals surface area contributed by atoms with Crippen molar-refractivity contribution in [2.24, 2.45) is 0 Å². The van der Waals surface area contributed by atoms with Crippen LogP contribution in [0.2, 0.25) is 0 Å². The van der Waals surface area contributed by atoms with Gasteiger partial charge in [-0.2, -0.15) is 8.78 Å². The molecule has 1 aromatic heterocycles. The minimum Gasteiger partial charge on any atom is -0.384 e. The fourth-order valence-corrected chi connectivity index (χ4v) is 1.87. The van der Waals surface area contributed by atoms with E-state index < -0.39 is 17.4 Å². The van der Waals surface area contributed by atoms with Crippen LogP contribution in [0, 0.1) is 0 Å². The van der Waals surface area contributed by atoms with Gasteiger partial charge < -0.3 is 16.2 Å². The number of amides is 1. The number of hydrogen-bond acceptors (Lipinski definition) is 4. The Morgan fingerprint density at radius 3 is 2.68 bits per heavy atom. The molecule has 1 amide bonds. The van der Waals surface area contributed by atoms with Gasteiger partial charge in [0, 0.05) is 12.7 Å². The van der Waals surface area contributed by atoms with Gasteiger partial charge in [-0.15, -0.1) is 0 Å². The summed E-state index contributed by atoms with van der Waals surface area (Å²) in [6, 6.07) is 3.10. The third-order valence-corrected chi connectivity index (χ3v) is 3.35. The number of aromatic nitrogens is 1. The maximum Gasteiger partial charge on any atom is 0.352 e. The van der Waals surface area contributed by atoms with Crippen LogP contribution in [0.25, 0.3) is 0 Å². The van der Waals surface area contributed by atoms with Crippen molar-refractivity contribution in [2.75, 3.05) is 5.73 Å². The maximum absolute atomic E-state index is 13.7. The fraction of sp³-hybridized carbons (Fsp3) is 0.500. The third kappa shape index (κ3) is 2.51. The zero-order chi connectivity index (χ0) is 14.1. The van der Waals surface area contributed by atoms with E-state index in [1.54, 1.807) is 6.07 Å². The number of pyridine rings is 1. The second-order valence-electron chi connectivity index (χ2n) is 4.73. The number of halogens is 2. The molecule has 104 valence electrons. The molecule has 1 saturated carbocycles. The Hall–Kier alpha value is -1.76. The summed E-state index contributed by atoms with van der Waals surface area (Å²) in [4.78, 5) is 15.3. The quantitative estimate of drug-likeness (QED) is 0.757. The zero-order valence-electron chi connectivity index (χ0n) is 10.2. The Balaban J connectivity index is 1.95. The number of rotatable bonds is 4. The number of nitrogens with one attached hydrogen (secondary N) is 1. The molecule has 2 rings (SSSR count). The van der Waals surface area contributed by atoms with E-state index in [0.717, 1.165) is 0 Å². The van der Waals surface area contributed by atoms with Gasteiger partial charge in [0.15, 0.2) is 0 Å². The molecule has 1 aliphatic rings. The zero-order valence-corrected chi connectivity index (χ0v) is 10.2. The van der Waals surface area contributed by atoms with Crippen LogP contribution in [0.15, 0.2) is 18.3 Å².